The zero-order valence-electron chi connectivity index (χ0n) is 9.98. The van der Waals surface area contributed by atoms with Gasteiger partial charge in [-0.25, -0.2) is 9.97 Å². The van der Waals surface area contributed by atoms with Gasteiger partial charge in [0.05, 0.1) is 18.8 Å². The van der Waals surface area contributed by atoms with Crippen LogP contribution in [0.1, 0.15) is 20.8 Å². The van der Waals surface area contributed by atoms with Gasteiger partial charge in [-0.15, -0.1) is 0 Å². The second-order valence-corrected chi connectivity index (χ2v) is 4.16. The van der Waals surface area contributed by atoms with E-state index in [-0.39, 0.29) is 5.82 Å². The van der Waals surface area contributed by atoms with E-state index in [1.165, 1.54) is 13.4 Å². The molecule has 0 spiro atoms. The Hall–Kier alpha value is -1.56. The van der Waals surface area contributed by atoms with Gasteiger partial charge < -0.3 is 20.9 Å². The van der Waals surface area contributed by atoms with Crippen LogP contribution in [0.2, 0.25) is 0 Å². The number of anilines is 2. The van der Waals surface area contributed by atoms with E-state index in [4.69, 9.17) is 10.5 Å². The van der Waals surface area contributed by atoms with E-state index in [9.17, 15) is 5.11 Å². The molecule has 0 saturated heterocycles. The van der Waals surface area contributed by atoms with Crippen LogP contribution in [-0.4, -0.2) is 33.8 Å². The summed E-state index contributed by atoms with van der Waals surface area (Å²) in [5, 5.41) is 12.7. The number of hydrogen-bond acceptors (Lipinski definition) is 6. The molecule has 0 aliphatic heterocycles. The summed E-state index contributed by atoms with van der Waals surface area (Å²) in [7, 11) is 1.50. The molecule has 0 bridgehead atoms. The molecule has 1 atom stereocenters. The lowest BCUT2D eigenvalue weighted by Crippen LogP contribution is -2.42. The summed E-state index contributed by atoms with van der Waals surface area (Å²) in [5.41, 5.74) is 5.11. The molecule has 4 N–H and O–H groups in total. The first-order valence-corrected chi connectivity index (χ1v) is 4.99. The molecule has 16 heavy (non-hydrogen) atoms. The Morgan fingerprint density at radius 3 is 2.62 bits per heavy atom. The van der Waals surface area contributed by atoms with Crippen LogP contribution in [0.15, 0.2) is 6.33 Å². The number of aliphatic hydroxyl groups is 1. The van der Waals surface area contributed by atoms with Crippen LogP contribution < -0.4 is 15.8 Å². The molecule has 0 amide bonds. The molecule has 1 rings (SSSR count). The van der Waals surface area contributed by atoms with E-state index in [1.54, 1.807) is 6.92 Å². The van der Waals surface area contributed by atoms with Crippen LogP contribution in [0.3, 0.4) is 0 Å². The van der Waals surface area contributed by atoms with E-state index < -0.39 is 11.6 Å². The van der Waals surface area contributed by atoms with Gasteiger partial charge in [-0.1, -0.05) is 0 Å². The van der Waals surface area contributed by atoms with Crippen LogP contribution >= 0.6 is 0 Å². The Morgan fingerprint density at radius 1 is 1.50 bits per heavy atom. The maximum absolute atomic E-state index is 9.60. The summed E-state index contributed by atoms with van der Waals surface area (Å²) in [6, 6.07) is 0. The molecule has 0 aromatic carbocycles. The molecular weight excluding hydrogens is 208 g/mol. The lowest BCUT2D eigenvalue weighted by atomic mass is 9.99. The number of nitrogens with one attached hydrogen (secondary N) is 1. The van der Waals surface area contributed by atoms with Gasteiger partial charge in [0.2, 0.25) is 5.75 Å². The number of aliphatic hydroxyl groups excluding tert-OH is 1. The van der Waals surface area contributed by atoms with Crippen LogP contribution in [0.5, 0.6) is 5.75 Å². The van der Waals surface area contributed by atoms with Crippen molar-refractivity contribution in [1.29, 1.82) is 0 Å². The molecule has 1 aromatic heterocycles. The molecule has 0 aliphatic rings. The van der Waals surface area contributed by atoms with E-state index >= 15 is 0 Å². The van der Waals surface area contributed by atoms with E-state index in [1.807, 2.05) is 13.8 Å². The Bertz CT molecular complexity index is 366. The number of hydrogen-bond donors (Lipinski definition) is 3. The molecular formula is C10H18N4O2. The minimum atomic E-state index is -0.548. The van der Waals surface area contributed by atoms with Crippen LogP contribution in [-0.2, 0) is 0 Å². The number of methoxy groups -OCH3 is 1. The van der Waals surface area contributed by atoms with Crippen molar-refractivity contribution < 1.29 is 9.84 Å². The van der Waals surface area contributed by atoms with E-state index in [2.05, 4.69) is 15.3 Å². The number of nitrogen functional groups attached to an aromatic ring is 1. The summed E-state index contributed by atoms with van der Waals surface area (Å²) in [6.07, 6.45) is 0.798. The first-order chi connectivity index (χ1) is 7.38. The summed E-state index contributed by atoms with van der Waals surface area (Å²) in [6.45, 7) is 5.41. The fourth-order valence-corrected chi connectivity index (χ4v) is 1.09. The maximum atomic E-state index is 9.60. The zero-order chi connectivity index (χ0) is 12.3. The maximum Gasteiger partial charge on any atom is 0.203 e. The molecule has 0 aliphatic carbocycles. The van der Waals surface area contributed by atoms with E-state index in [0.29, 0.717) is 11.6 Å². The fraction of sp³-hybridized carbons (Fsp3) is 0.600. The molecule has 1 aromatic rings. The third kappa shape index (κ3) is 2.52. The predicted octanol–water partition coefficient (Wildman–Crippen LogP) is 0.639. The highest BCUT2D eigenvalue weighted by Crippen LogP contribution is 2.29. The predicted molar refractivity (Wildman–Crippen MR) is 62.4 cm³/mol. The molecule has 0 saturated carbocycles. The summed E-state index contributed by atoms with van der Waals surface area (Å²) in [4.78, 5) is 7.86. The Morgan fingerprint density at radius 2 is 2.12 bits per heavy atom. The Kier molecular flexibility index (Phi) is 3.54. The van der Waals surface area contributed by atoms with Gasteiger partial charge in [-0.3, -0.25) is 0 Å². The minimum Gasteiger partial charge on any atom is -0.490 e. The van der Waals surface area contributed by atoms with Crippen molar-refractivity contribution in [3.8, 4) is 5.75 Å². The molecule has 90 valence electrons. The van der Waals surface area contributed by atoms with Crippen molar-refractivity contribution in [3.05, 3.63) is 6.33 Å². The van der Waals surface area contributed by atoms with Gasteiger partial charge in [0.15, 0.2) is 11.6 Å². The smallest absolute Gasteiger partial charge is 0.203 e. The summed E-state index contributed by atoms with van der Waals surface area (Å²) < 4.78 is 5.11. The van der Waals surface area contributed by atoms with Crippen molar-refractivity contribution in [2.45, 2.75) is 32.4 Å². The summed E-state index contributed by atoms with van der Waals surface area (Å²) >= 11 is 0. The first kappa shape index (κ1) is 12.5. The lowest BCUT2D eigenvalue weighted by molar-refractivity contribution is 0.132. The largest absolute Gasteiger partial charge is 0.490 e. The quantitative estimate of drug-likeness (QED) is 0.697. The van der Waals surface area contributed by atoms with Crippen molar-refractivity contribution in [3.63, 3.8) is 0 Å². The third-order valence-corrected chi connectivity index (χ3v) is 2.52. The van der Waals surface area contributed by atoms with Crippen molar-refractivity contribution in [2.75, 3.05) is 18.2 Å². The van der Waals surface area contributed by atoms with Crippen molar-refractivity contribution in [1.82, 2.24) is 9.97 Å². The second kappa shape index (κ2) is 4.52. The number of aromatic nitrogens is 2. The number of ether oxygens (including phenoxy) is 1. The molecule has 6 nitrogen and oxygen atoms in total. The highest BCUT2D eigenvalue weighted by molar-refractivity contribution is 5.62. The number of nitrogens with zero attached hydrogens (tertiary/aromatic N) is 2. The third-order valence-electron chi connectivity index (χ3n) is 2.52. The van der Waals surface area contributed by atoms with Gasteiger partial charge in [0.1, 0.15) is 6.33 Å². The van der Waals surface area contributed by atoms with Gasteiger partial charge in [0.25, 0.3) is 0 Å². The Balaban J connectivity index is 3.02. The van der Waals surface area contributed by atoms with Crippen LogP contribution in [0.25, 0.3) is 0 Å². The van der Waals surface area contributed by atoms with Crippen LogP contribution in [0, 0.1) is 0 Å². The number of rotatable bonds is 4. The zero-order valence-corrected chi connectivity index (χ0v) is 9.98. The van der Waals surface area contributed by atoms with Gasteiger partial charge in [0, 0.05) is 0 Å². The minimum absolute atomic E-state index is 0.265. The van der Waals surface area contributed by atoms with Gasteiger partial charge in [-0.2, -0.15) is 0 Å². The topological polar surface area (TPSA) is 93.3 Å². The average molecular weight is 226 g/mol. The fourth-order valence-electron chi connectivity index (χ4n) is 1.09. The van der Waals surface area contributed by atoms with Crippen molar-refractivity contribution >= 4 is 11.6 Å². The summed E-state index contributed by atoms with van der Waals surface area (Å²) in [5.74, 6) is 1.12. The highest BCUT2D eigenvalue weighted by Gasteiger charge is 2.26. The molecule has 0 fully saturated rings. The average Bonchev–Trinajstić information content (AvgIpc) is 2.17. The monoisotopic (exact) mass is 226 g/mol. The lowest BCUT2D eigenvalue weighted by Gasteiger charge is -2.30. The standard InChI is InChI=1S/C10H18N4O2/c1-6(15)10(2,3)14-9-7(16-4)8(11)12-5-13-9/h5-6,15H,1-4H3,(H3,11,12,13,14). The molecule has 6 heteroatoms. The molecule has 1 heterocycles. The van der Waals surface area contributed by atoms with Crippen molar-refractivity contribution in [2.24, 2.45) is 0 Å². The first-order valence-electron chi connectivity index (χ1n) is 4.99. The normalized spacial score (nSPS) is 13.3. The molecule has 0 radical (unpaired) electrons. The van der Waals surface area contributed by atoms with E-state index in [0.717, 1.165) is 0 Å². The molecule has 1 unspecified atom stereocenters. The SMILES string of the molecule is COc1c(N)ncnc1NC(C)(C)C(C)O. The Labute approximate surface area is 94.9 Å². The highest BCUT2D eigenvalue weighted by atomic mass is 16.5. The van der Waals surface area contributed by atoms with Gasteiger partial charge in [-0.05, 0) is 20.8 Å². The van der Waals surface area contributed by atoms with Crippen LogP contribution in [0.4, 0.5) is 11.6 Å². The number of nitrogens with two attached hydrogens (primary N) is 1. The second-order valence-electron chi connectivity index (χ2n) is 4.16. The van der Waals surface area contributed by atoms with Gasteiger partial charge >= 0.3 is 0 Å².